The Labute approximate surface area is 91.3 Å². The van der Waals surface area contributed by atoms with E-state index in [-0.39, 0.29) is 5.70 Å². The van der Waals surface area contributed by atoms with Crippen molar-refractivity contribution in [2.24, 2.45) is 0 Å². The molecule has 78 valence electrons. The van der Waals surface area contributed by atoms with Crippen molar-refractivity contribution < 1.29 is 9.66 Å². The first-order chi connectivity index (χ1) is 7.08. The third-order valence-corrected chi connectivity index (χ3v) is 2.44. The molecular weight excluding hydrogens is 218 g/mol. The summed E-state index contributed by atoms with van der Waals surface area (Å²) in [6, 6.07) is 5.05. The molecular formula is C10H8ClNO3. The van der Waals surface area contributed by atoms with Crippen molar-refractivity contribution >= 4 is 17.7 Å². The van der Waals surface area contributed by atoms with Crippen LogP contribution in [0, 0.1) is 10.1 Å². The molecule has 0 fully saturated rings. The summed E-state index contributed by atoms with van der Waals surface area (Å²) >= 11 is 5.79. The van der Waals surface area contributed by atoms with Gasteiger partial charge in [-0.25, -0.2) is 0 Å². The first kappa shape index (κ1) is 9.98. The average Bonchev–Trinajstić information content (AvgIpc) is 2.17. The molecule has 1 unspecified atom stereocenters. The molecule has 0 N–H and O–H groups in total. The second kappa shape index (κ2) is 3.55. The van der Waals surface area contributed by atoms with Crippen LogP contribution >= 0.6 is 11.6 Å². The van der Waals surface area contributed by atoms with Gasteiger partial charge in [0, 0.05) is 16.7 Å². The summed E-state index contributed by atoms with van der Waals surface area (Å²) in [6.07, 6.45) is 0.962. The van der Waals surface area contributed by atoms with Crippen molar-refractivity contribution in [3.63, 3.8) is 0 Å². The van der Waals surface area contributed by atoms with Gasteiger partial charge in [-0.3, -0.25) is 10.1 Å². The molecule has 0 amide bonds. The molecule has 0 aliphatic carbocycles. The number of halogens is 1. The molecule has 15 heavy (non-hydrogen) atoms. The van der Waals surface area contributed by atoms with Gasteiger partial charge in [-0.05, 0) is 25.1 Å². The van der Waals surface area contributed by atoms with Gasteiger partial charge in [0.05, 0.1) is 4.92 Å². The van der Waals surface area contributed by atoms with Crippen molar-refractivity contribution in [1.29, 1.82) is 0 Å². The summed E-state index contributed by atoms with van der Waals surface area (Å²) in [4.78, 5) is 10.2. The van der Waals surface area contributed by atoms with Crippen molar-refractivity contribution in [3.05, 3.63) is 44.6 Å². The van der Waals surface area contributed by atoms with Crippen LogP contribution in [0.5, 0.6) is 5.75 Å². The van der Waals surface area contributed by atoms with Gasteiger partial charge >= 0.3 is 0 Å². The van der Waals surface area contributed by atoms with Gasteiger partial charge in [0.2, 0.25) is 0 Å². The number of nitro groups is 1. The Bertz CT molecular complexity index is 456. The number of nitrogens with zero attached hydrogens (tertiary/aromatic N) is 1. The van der Waals surface area contributed by atoms with Crippen molar-refractivity contribution in [1.82, 2.24) is 0 Å². The highest BCUT2D eigenvalue weighted by molar-refractivity contribution is 6.30. The quantitative estimate of drug-likeness (QED) is 0.546. The van der Waals surface area contributed by atoms with E-state index in [4.69, 9.17) is 16.3 Å². The van der Waals surface area contributed by atoms with E-state index >= 15 is 0 Å². The highest BCUT2D eigenvalue weighted by Gasteiger charge is 2.27. The van der Waals surface area contributed by atoms with Crippen molar-refractivity contribution in [2.75, 3.05) is 0 Å². The molecule has 1 aliphatic rings. The molecule has 0 saturated carbocycles. The zero-order chi connectivity index (χ0) is 11.0. The minimum Gasteiger partial charge on any atom is -0.479 e. The Hall–Kier alpha value is -1.55. The fourth-order valence-corrected chi connectivity index (χ4v) is 1.65. The number of ether oxygens (including phenoxy) is 1. The second-order valence-corrected chi connectivity index (χ2v) is 3.70. The molecule has 1 aromatic rings. The topological polar surface area (TPSA) is 52.4 Å². The van der Waals surface area contributed by atoms with Crippen LogP contribution in [-0.2, 0) is 0 Å². The lowest BCUT2D eigenvalue weighted by molar-refractivity contribution is -0.433. The number of benzene rings is 1. The predicted molar refractivity (Wildman–Crippen MR) is 56.5 cm³/mol. The largest absolute Gasteiger partial charge is 0.479 e. The molecule has 2 rings (SSSR count). The maximum atomic E-state index is 10.7. The third kappa shape index (κ3) is 1.80. The molecule has 1 aromatic carbocycles. The van der Waals surface area contributed by atoms with Gasteiger partial charge in [-0.2, -0.15) is 0 Å². The van der Waals surface area contributed by atoms with Crippen LogP contribution in [0.15, 0.2) is 23.9 Å². The summed E-state index contributed by atoms with van der Waals surface area (Å²) in [7, 11) is 0. The van der Waals surface area contributed by atoms with E-state index in [0.29, 0.717) is 16.3 Å². The molecule has 1 atom stereocenters. The summed E-state index contributed by atoms with van der Waals surface area (Å²) < 4.78 is 5.39. The second-order valence-electron chi connectivity index (χ2n) is 3.27. The molecule has 4 nitrogen and oxygen atoms in total. The summed E-state index contributed by atoms with van der Waals surface area (Å²) in [5.74, 6) is 0.623. The molecule has 1 aliphatic heterocycles. The van der Waals surface area contributed by atoms with Crippen LogP contribution < -0.4 is 4.74 Å². The van der Waals surface area contributed by atoms with E-state index in [1.54, 1.807) is 25.1 Å². The van der Waals surface area contributed by atoms with Gasteiger partial charge in [0.25, 0.3) is 5.70 Å². The van der Waals surface area contributed by atoms with Gasteiger partial charge in [-0.1, -0.05) is 11.6 Å². The predicted octanol–water partition coefficient (Wildman–Crippen LogP) is 2.74. The minimum atomic E-state index is -0.534. The van der Waals surface area contributed by atoms with Crippen molar-refractivity contribution in [3.8, 4) is 5.75 Å². The first-order valence-electron chi connectivity index (χ1n) is 4.40. The Morgan fingerprint density at radius 2 is 2.27 bits per heavy atom. The lowest BCUT2D eigenvalue weighted by Gasteiger charge is -2.19. The van der Waals surface area contributed by atoms with Crippen LogP contribution in [0.4, 0.5) is 0 Å². The molecule has 1 heterocycles. The lowest BCUT2D eigenvalue weighted by atomic mass is 10.1. The molecule has 0 spiro atoms. The standard InChI is InChI=1S/C10H8ClNO3/c1-6-9(12(13)14)5-7-4-8(11)2-3-10(7)15-6/h2-6H,1H3. The number of fused-ring (bicyclic) bond motifs is 1. The average molecular weight is 226 g/mol. The van der Waals surface area contributed by atoms with Crippen LogP contribution in [0.2, 0.25) is 5.02 Å². The molecule has 0 aromatic heterocycles. The summed E-state index contributed by atoms with van der Waals surface area (Å²) in [5.41, 5.74) is 0.692. The number of hydrogen-bond acceptors (Lipinski definition) is 3. The van der Waals surface area contributed by atoms with Crippen LogP contribution in [0.25, 0.3) is 6.08 Å². The molecule has 0 radical (unpaired) electrons. The zero-order valence-corrected chi connectivity index (χ0v) is 8.69. The SMILES string of the molecule is CC1Oc2ccc(Cl)cc2C=C1[N+](=O)[O-]. The Balaban J connectivity index is 2.51. The summed E-state index contributed by atoms with van der Waals surface area (Å²) in [5, 5.41) is 11.2. The van der Waals surface area contributed by atoms with Gasteiger partial charge in [0.15, 0.2) is 6.10 Å². The van der Waals surface area contributed by atoms with Gasteiger partial charge < -0.3 is 4.74 Å². The smallest absolute Gasteiger partial charge is 0.286 e. The van der Waals surface area contributed by atoms with E-state index in [2.05, 4.69) is 0 Å². The summed E-state index contributed by atoms with van der Waals surface area (Å²) in [6.45, 7) is 1.65. The fraction of sp³-hybridized carbons (Fsp3) is 0.200. The lowest BCUT2D eigenvalue weighted by Crippen LogP contribution is -2.23. The maximum Gasteiger partial charge on any atom is 0.286 e. The normalized spacial score (nSPS) is 18.8. The van der Waals surface area contributed by atoms with E-state index in [9.17, 15) is 10.1 Å². The number of hydrogen-bond donors (Lipinski definition) is 0. The Morgan fingerprint density at radius 1 is 1.53 bits per heavy atom. The zero-order valence-electron chi connectivity index (χ0n) is 7.94. The van der Waals surface area contributed by atoms with E-state index in [1.807, 2.05) is 0 Å². The number of rotatable bonds is 1. The molecule has 0 saturated heterocycles. The Morgan fingerprint density at radius 3 is 2.93 bits per heavy atom. The highest BCUT2D eigenvalue weighted by atomic mass is 35.5. The van der Waals surface area contributed by atoms with Gasteiger partial charge in [0.1, 0.15) is 5.75 Å². The minimum absolute atomic E-state index is 0.0461. The van der Waals surface area contributed by atoms with Crippen LogP contribution in [0.1, 0.15) is 12.5 Å². The van der Waals surface area contributed by atoms with E-state index in [1.165, 1.54) is 6.08 Å². The maximum absolute atomic E-state index is 10.7. The first-order valence-corrected chi connectivity index (χ1v) is 4.78. The van der Waals surface area contributed by atoms with Crippen molar-refractivity contribution in [2.45, 2.75) is 13.0 Å². The van der Waals surface area contributed by atoms with Gasteiger partial charge in [-0.15, -0.1) is 0 Å². The monoisotopic (exact) mass is 225 g/mol. The highest BCUT2D eigenvalue weighted by Crippen LogP contribution is 2.31. The third-order valence-electron chi connectivity index (χ3n) is 2.21. The Kier molecular flexibility index (Phi) is 2.36. The van der Waals surface area contributed by atoms with E-state index in [0.717, 1.165) is 0 Å². The van der Waals surface area contributed by atoms with E-state index < -0.39 is 11.0 Å². The fourth-order valence-electron chi connectivity index (χ4n) is 1.47. The molecule has 5 heteroatoms. The molecule has 0 bridgehead atoms. The van der Waals surface area contributed by atoms with Crippen LogP contribution in [-0.4, -0.2) is 11.0 Å². The van der Waals surface area contributed by atoms with Crippen LogP contribution in [0.3, 0.4) is 0 Å².